The second-order valence-electron chi connectivity index (χ2n) is 7.68. The van der Waals surface area contributed by atoms with Crippen molar-refractivity contribution >= 4 is 29.1 Å². The molecule has 2 aromatic rings. The largest absolute Gasteiger partial charge is 0.349 e. The van der Waals surface area contributed by atoms with Crippen LogP contribution < -0.4 is 5.32 Å². The molecule has 1 fully saturated rings. The Morgan fingerprint density at radius 1 is 1.11 bits per heavy atom. The van der Waals surface area contributed by atoms with Gasteiger partial charge in [0.1, 0.15) is 0 Å². The lowest BCUT2D eigenvalue weighted by Gasteiger charge is -2.32. The maximum atomic E-state index is 12.8. The highest BCUT2D eigenvalue weighted by Gasteiger charge is 2.26. The monoisotopic (exact) mass is 418 g/mol. The molecular weight excluding hydrogens is 391 g/mol. The van der Waals surface area contributed by atoms with Crippen LogP contribution in [0, 0.1) is 12.8 Å². The molecule has 0 bridgehead atoms. The van der Waals surface area contributed by atoms with Gasteiger partial charge < -0.3 is 5.32 Å². The Labute approximate surface area is 178 Å². The number of hydrogen-bond donors (Lipinski definition) is 1. The lowest BCUT2D eigenvalue weighted by molar-refractivity contribution is -0.127. The van der Waals surface area contributed by atoms with Crippen LogP contribution in [0.2, 0.25) is 10.0 Å². The van der Waals surface area contributed by atoms with Gasteiger partial charge in [0.2, 0.25) is 5.91 Å². The zero-order chi connectivity index (χ0) is 20.1. The number of benzene rings is 2. The van der Waals surface area contributed by atoms with Crippen LogP contribution in [0.15, 0.2) is 42.5 Å². The number of nitrogens with one attached hydrogen (secondary N) is 1. The van der Waals surface area contributed by atoms with Crippen molar-refractivity contribution in [2.45, 2.75) is 45.7 Å². The number of rotatable bonds is 6. The topological polar surface area (TPSA) is 32.3 Å². The molecule has 150 valence electrons. The van der Waals surface area contributed by atoms with Gasteiger partial charge in [-0.15, -0.1) is 0 Å². The van der Waals surface area contributed by atoms with Crippen molar-refractivity contribution in [3.05, 3.63) is 69.2 Å². The van der Waals surface area contributed by atoms with Crippen molar-refractivity contribution in [1.29, 1.82) is 0 Å². The SMILES string of the molecule is CCC(NC(=O)C1CCN(Cc2ccc(Cl)c(Cl)c2)CC1)c1ccc(C)cc1. The summed E-state index contributed by atoms with van der Waals surface area (Å²) in [5, 5.41) is 4.44. The highest BCUT2D eigenvalue weighted by molar-refractivity contribution is 6.42. The summed E-state index contributed by atoms with van der Waals surface area (Å²) in [6.45, 7) is 6.87. The van der Waals surface area contributed by atoms with Crippen molar-refractivity contribution in [2.75, 3.05) is 13.1 Å². The summed E-state index contributed by atoms with van der Waals surface area (Å²) in [6.07, 6.45) is 2.67. The Hall–Kier alpha value is -1.55. The molecule has 5 heteroatoms. The molecule has 0 aliphatic carbocycles. The molecule has 28 heavy (non-hydrogen) atoms. The average molecular weight is 419 g/mol. The molecule has 2 aromatic carbocycles. The first-order chi connectivity index (χ1) is 13.5. The first-order valence-corrected chi connectivity index (χ1v) is 10.7. The van der Waals surface area contributed by atoms with Gasteiger partial charge in [0, 0.05) is 12.5 Å². The summed E-state index contributed by atoms with van der Waals surface area (Å²) < 4.78 is 0. The van der Waals surface area contributed by atoms with E-state index in [0.717, 1.165) is 44.5 Å². The predicted molar refractivity (Wildman–Crippen MR) is 117 cm³/mol. The molecule has 3 nitrogen and oxygen atoms in total. The Morgan fingerprint density at radius 3 is 2.39 bits per heavy atom. The van der Waals surface area contributed by atoms with E-state index in [9.17, 15) is 4.79 Å². The number of carbonyl (C=O) groups excluding carboxylic acids is 1. The molecule has 1 amide bonds. The third-order valence-electron chi connectivity index (χ3n) is 5.55. The van der Waals surface area contributed by atoms with E-state index in [4.69, 9.17) is 23.2 Å². The number of amides is 1. The van der Waals surface area contributed by atoms with Gasteiger partial charge in [0.15, 0.2) is 0 Å². The minimum Gasteiger partial charge on any atom is -0.349 e. The molecule has 0 aromatic heterocycles. The number of likely N-dealkylation sites (tertiary alicyclic amines) is 1. The quantitative estimate of drug-likeness (QED) is 0.644. The Kier molecular flexibility index (Phi) is 7.39. The van der Waals surface area contributed by atoms with E-state index < -0.39 is 0 Å². The van der Waals surface area contributed by atoms with E-state index in [1.807, 2.05) is 18.2 Å². The van der Waals surface area contributed by atoms with E-state index in [0.29, 0.717) is 10.0 Å². The predicted octanol–water partition coefficient (Wildman–Crippen LogP) is 5.78. The van der Waals surface area contributed by atoms with Gasteiger partial charge >= 0.3 is 0 Å². The first kappa shape index (κ1) is 21.2. The summed E-state index contributed by atoms with van der Waals surface area (Å²) >= 11 is 12.1. The van der Waals surface area contributed by atoms with Crippen molar-refractivity contribution in [3.63, 3.8) is 0 Å². The van der Waals surface area contributed by atoms with Crippen LogP contribution in [0.25, 0.3) is 0 Å². The molecule has 1 N–H and O–H groups in total. The summed E-state index contributed by atoms with van der Waals surface area (Å²) in [4.78, 5) is 15.2. The number of nitrogens with zero attached hydrogens (tertiary/aromatic N) is 1. The summed E-state index contributed by atoms with van der Waals surface area (Å²) in [6, 6.07) is 14.3. The smallest absolute Gasteiger partial charge is 0.223 e. The standard InChI is InChI=1S/C23H28Cl2N2O/c1-3-22(18-7-4-16(2)5-8-18)26-23(28)19-10-12-27(13-11-19)15-17-6-9-20(24)21(25)14-17/h4-9,14,19,22H,3,10-13,15H2,1-2H3,(H,26,28). The summed E-state index contributed by atoms with van der Waals surface area (Å²) in [7, 11) is 0. The fourth-order valence-corrected chi connectivity index (χ4v) is 4.08. The van der Waals surface area contributed by atoms with E-state index in [2.05, 4.69) is 48.3 Å². The van der Waals surface area contributed by atoms with Crippen LogP contribution in [-0.4, -0.2) is 23.9 Å². The van der Waals surface area contributed by atoms with E-state index in [1.54, 1.807) is 0 Å². The fourth-order valence-electron chi connectivity index (χ4n) is 3.76. The van der Waals surface area contributed by atoms with Gasteiger partial charge in [-0.2, -0.15) is 0 Å². The number of piperidine rings is 1. The highest BCUT2D eigenvalue weighted by atomic mass is 35.5. The Balaban J connectivity index is 1.51. The minimum absolute atomic E-state index is 0.0855. The van der Waals surface area contributed by atoms with Gasteiger partial charge in [-0.1, -0.05) is 66.0 Å². The molecule has 1 heterocycles. The van der Waals surface area contributed by atoms with Crippen molar-refractivity contribution in [3.8, 4) is 0 Å². The highest BCUT2D eigenvalue weighted by Crippen LogP contribution is 2.26. The van der Waals surface area contributed by atoms with Crippen LogP contribution >= 0.6 is 23.2 Å². The van der Waals surface area contributed by atoms with Crippen LogP contribution in [0.1, 0.15) is 48.9 Å². The molecule has 1 aliphatic heterocycles. The molecule has 3 rings (SSSR count). The molecular formula is C23H28Cl2N2O. The molecule has 1 saturated heterocycles. The summed E-state index contributed by atoms with van der Waals surface area (Å²) in [5.41, 5.74) is 3.57. The van der Waals surface area contributed by atoms with Crippen LogP contribution in [0.5, 0.6) is 0 Å². The maximum Gasteiger partial charge on any atom is 0.223 e. The van der Waals surface area contributed by atoms with Crippen LogP contribution in [0.3, 0.4) is 0 Å². The maximum absolute atomic E-state index is 12.8. The van der Waals surface area contributed by atoms with Gasteiger partial charge in [0.25, 0.3) is 0 Å². The van der Waals surface area contributed by atoms with Crippen molar-refractivity contribution in [2.24, 2.45) is 5.92 Å². The fraction of sp³-hybridized carbons (Fsp3) is 0.435. The average Bonchev–Trinajstić information content (AvgIpc) is 2.70. The van der Waals surface area contributed by atoms with Gasteiger partial charge in [-0.3, -0.25) is 9.69 Å². The van der Waals surface area contributed by atoms with Crippen molar-refractivity contribution in [1.82, 2.24) is 10.2 Å². The minimum atomic E-state index is 0.0855. The first-order valence-electron chi connectivity index (χ1n) is 9.99. The van der Waals surface area contributed by atoms with Gasteiger partial charge in [0.05, 0.1) is 16.1 Å². The second kappa shape index (κ2) is 9.78. The number of carbonyl (C=O) groups is 1. The van der Waals surface area contributed by atoms with Gasteiger partial charge in [-0.05, 0) is 62.5 Å². The van der Waals surface area contributed by atoms with Gasteiger partial charge in [-0.25, -0.2) is 0 Å². The molecule has 0 radical (unpaired) electrons. The van der Waals surface area contributed by atoms with Crippen LogP contribution in [-0.2, 0) is 11.3 Å². The molecule has 1 aliphatic rings. The third-order valence-corrected chi connectivity index (χ3v) is 6.29. The number of hydrogen-bond acceptors (Lipinski definition) is 2. The Morgan fingerprint density at radius 2 is 1.79 bits per heavy atom. The summed E-state index contributed by atoms with van der Waals surface area (Å²) in [5.74, 6) is 0.270. The Bertz CT molecular complexity index is 799. The van der Waals surface area contributed by atoms with Crippen molar-refractivity contribution < 1.29 is 4.79 Å². The molecule has 1 unspecified atom stereocenters. The zero-order valence-corrected chi connectivity index (χ0v) is 18.1. The van der Waals surface area contributed by atoms with E-state index >= 15 is 0 Å². The second-order valence-corrected chi connectivity index (χ2v) is 8.49. The lowest BCUT2D eigenvalue weighted by atomic mass is 9.94. The number of halogens is 2. The van der Waals surface area contributed by atoms with E-state index in [-0.39, 0.29) is 17.9 Å². The normalized spacial score (nSPS) is 16.7. The third kappa shape index (κ3) is 5.50. The lowest BCUT2D eigenvalue weighted by Crippen LogP contribution is -2.41. The molecule has 1 atom stereocenters. The zero-order valence-electron chi connectivity index (χ0n) is 16.6. The molecule has 0 spiro atoms. The van der Waals surface area contributed by atoms with E-state index in [1.165, 1.54) is 11.1 Å². The van der Waals surface area contributed by atoms with Crippen LogP contribution in [0.4, 0.5) is 0 Å². The number of aryl methyl sites for hydroxylation is 1. The molecule has 0 saturated carbocycles.